The highest BCUT2D eigenvalue weighted by molar-refractivity contribution is 7.98. The van der Waals surface area contributed by atoms with Crippen LogP contribution in [0.2, 0.25) is 0 Å². The molecule has 0 unspecified atom stereocenters. The molecular formula is C19H16N4O3S. The average Bonchev–Trinajstić information content (AvgIpc) is 3.36. The zero-order chi connectivity index (χ0) is 18.6. The fraction of sp³-hybridized carbons (Fsp3) is 0.158. The second kappa shape index (κ2) is 7.63. The Kier molecular flexibility index (Phi) is 4.88. The van der Waals surface area contributed by atoms with Gasteiger partial charge in [0.1, 0.15) is 5.75 Å². The smallest absolute Gasteiger partial charge is 0.277 e. The van der Waals surface area contributed by atoms with Gasteiger partial charge in [0.25, 0.3) is 5.22 Å². The van der Waals surface area contributed by atoms with Gasteiger partial charge in [-0.2, -0.15) is 4.98 Å². The molecule has 0 aliphatic heterocycles. The highest BCUT2D eigenvalue weighted by Gasteiger charge is 2.13. The van der Waals surface area contributed by atoms with E-state index in [0.717, 1.165) is 22.4 Å². The maximum absolute atomic E-state index is 5.70. The molecule has 8 heteroatoms. The molecule has 27 heavy (non-hydrogen) atoms. The van der Waals surface area contributed by atoms with Gasteiger partial charge in [0, 0.05) is 11.1 Å². The van der Waals surface area contributed by atoms with E-state index < -0.39 is 0 Å². The Hall–Kier alpha value is -3.13. The van der Waals surface area contributed by atoms with Crippen molar-refractivity contribution in [3.63, 3.8) is 0 Å². The largest absolute Gasteiger partial charge is 0.497 e. The first-order chi connectivity index (χ1) is 13.2. The van der Waals surface area contributed by atoms with Crippen LogP contribution in [0.4, 0.5) is 0 Å². The lowest BCUT2D eigenvalue weighted by Crippen LogP contribution is -1.85. The molecule has 0 amide bonds. The second-order valence-corrected chi connectivity index (χ2v) is 6.70. The molecule has 0 radical (unpaired) electrons. The van der Waals surface area contributed by atoms with Crippen LogP contribution in [-0.2, 0) is 5.75 Å². The topological polar surface area (TPSA) is 87.1 Å². The first-order valence-corrected chi connectivity index (χ1v) is 9.20. The summed E-state index contributed by atoms with van der Waals surface area (Å²) in [4.78, 5) is 4.40. The van der Waals surface area contributed by atoms with Crippen LogP contribution in [0.5, 0.6) is 5.75 Å². The van der Waals surface area contributed by atoms with Crippen molar-refractivity contribution in [3.8, 4) is 28.6 Å². The van der Waals surface area contributed by atoms with Crippen molar-refractivity contribution in [3.05, 3.63) is 60.0 Å². The van der Waals surface area contributed by atoms with Crippen molar-refractivity contribution >= 4 is 11.8 Å². The molecule has 0 saturated heterocycles. The summed E-state index contributed by atoms with van der Waals surface area (Å²) in [5.41, 5.74) is 2.89. The van der Waals surface area contributed by atoms with E-state index in [1.807, 2.05) is 55.5 Å². The number of hydrogen-bond acceptors (Lipinski definition) is 8. The van der Waals surface area contributed by atoms with Crippen LogP contribution in [-0.4, -0.2) is 27.4 Å². The molecule has 136 valence electrons. The molecule has 0 saturated carbocycles. The zero-order valence-electron chi connectivity index (χ0n) is 14.7. The molecule has 0 N–H and O–H groups in total. The molecule has 0 aliphatic carbocycles. The highest BCUT2D eigenvalue weighted by atomic mass is 32.2. The van der Waals surface area contributed by atoms with Crippen molar-refractivity contribution in [2.24, 2.45) is 0 Å². The lowest BCUT2D eigenvalue weighted by molar-refractivity contribution is 0.390. The van der Waals surface area contributed by atoms with Gasteiger partial charge in [-0.05, 0) is 43.3 Å². The Morgan fingerprint density at radius 2 is 1.89 bits per heavy atom. The van der Waals surface area contributed by atoms with Gasteiger partial charge in [-0.3, -0.25) is 0 Å². The Morgan fingerprint density at radius 3 is 2.67 bits per heavy atom. The van der Waals surface area contributed by atoms with Gasteiger partial charge in [-0.1, -0.05) is 34.6 Å². The van der Waals surface area contributed by atoms with Crippen LogP contribution in [0.15, 0.2) is 62.7 Å². The van der Waals surface area contributed by atoms with Crippen LogP contribution in [0.1, 0.15) is 11.5 Å². The van der Waals surface area contributed by atoms with E-state index in [2.05, 4.69) is 20.3 Å². The van der Waals surface area contributed by atoms with Gasteiger partial charge >= 0.3 is 0 Å². The number of ether oxygens (including phenoxy) is 1. The van der Waals surface area contributed by atoms with Gasteiger partial charge in [0.15, 0.2) is 0 Å². The molecule has 0 bridgehead atoms. The highest BCUT2D eigenvalue weighted by Crippen LogP contribution is 2.27. The van der Waals surface area contributed by atoms with E-state index in [0.29, 0.717) is 28.6 Å². The molecular weight excluding hydrogens is 364 g/mol. The first-order valence-electron chi connectivity index (χ1n) is 8.21. The SMILES string of the molecule is COc1ccc(-c2noc(CSc3nnc(-c4cccc(C)c4)o3)n2)cc1. The standard InChI is InChI=1S/C19H16N4O3S/c1-12-4-3-5-14(10-12)18-21-22-19(25-18)27-11-16-20-17(23-26-16)13-6-8-15(24-2)9-7-13/h3-10H,11H2,1-2H3. The van der Waals surface area contributed by atoms with Gasteiger partial charge < -0.3 is 13.7 Å². The summed E-state index contributed by atoms with van der Waals surface area (Å²) in [5, 5.41) is 12.6. The molecule has 0 fully saturated rings. The summed E-state index contributed by atoms with van der Waals surface area (Å²) in [6, 6.07) is 15.4. The third kappa shape index (κ3) is 4.01. The Morgan fingerprint density at radius 1 is 1.04 bits per heavy atom. The fourth-order valence-electron chi connectivity index (χ4n) is 2.46. The van der Waals surface area contributed by atoms with Crippen LogP contribution >= 0.6 is 11.8 Å². The number of aromatic nitrogens is 4. The van der Waals surface area contributed by atoms with Crippen LogP contribution in [0.3, 0.4) is 0 Å². The minimum absolute atomic E-state index is 0.443. The molecule has 0 spiro atoms. The molecule has 2 aromatic heterocycles. The van der Waals surface area contributed by atoms with E-state index >= 15 is 0 Å². The maximum Gasteiger partial charge on any atom is 0.277 e. The van der Waals surface area contributed by atoms with Crippen LogP contribution in [0, 0.1) is 6.92 Å². The number of nitrogens with zero attached hydrogens (tertiary/aromatic N) is 4. The van der Waals surface area contributed by atoms with E-state index in [1.165, 1.54) is 11.8 Å². The van der Waals surface area contributed by atoms with Crippen molar-refractivity contribution < 1.29 is 13.7 Å². The molecule has 4 aromatic rings. The fourth-order valence-corrected chi connectivity index (χ4v) is 3.06. The molecule has 2 aromatic carbocycles. The summed E-state index contributed by atoms with van der Waals surface area (Å²) in [5.74, 6) is 2.73. The van der Waals surface area contributed by atoms with Crippen molar-refractivity contribution in [1.29, 1.82) is 0 Å². The number of benzene rings is 2. The number of aryl methyl sites for hydroxylation is 1. The van der Waals surface area contributed by atoms with E-state index in [9.17, 15) is 0 Å². The third-order valence-electron chi connectivity index (χ3n) is 3.81. The molecule has 0 atom stereocenters. The monoisotopic (exact) mass is 380 g/mol. The van der Waals surface area contributed by atoms with Crippen LogP contribution < -0.4 is 4.74 Å². The predicted molar refractivity (Wildman–Crippen MR) is 100 cm³/mol. The minimum Gasteiger partial charge on any atom is -0.497 e. The normalized spacial score (nSPS) is 10.9. The first kappa shape index (κ1) is 17.3. The number of thioether (sulfide) groups is 1. The summed E-state index contributed by atoms with van der Waals surface area (Å²) < 4.78 is 16.1. The number of hydrogen-bond donors (Lipinski definition) is 0. The van der Waals surface area contributed by atoms with E-state index in [1.54, 1.807) is 7.11 Å². The maximum atomic E-state index is 5.70. The van der Waals surface area contributed by atoms with Gasteiger partial charge in [-0.15, -0.1) is 10.2 Å². The molecule has 7 nitrogen and oxygen atoms in total. The Bertz CT molecular complexity index is 1040. The number of methoxy groups -OCH3 is 1. The van der Waals surface area contributed by atoms with E-state index in [-0.39, 0.29) is 0 Å². The third-order valence-corrected chi connectivity index (χ3v) is 4.61. The zero-order valence-corrected chi connectivity index (χ0v) is 15.6. The predicted octanol–water partition coefficient (Wildman–Crippen LogP) is 4.40. The Labute approximate surface area is 159 Å². The minimum atomic E-state index is 0.443. The van der Waals surface area contributed by atoms with Crippen molar-refractivity contribution in [2.75, 3.05) is 7.11 Å². The van der Waals surface area contributed by atoms with Gasteiger partial charge in [-0.25, -0.2) is 0 Å². The van der Waals surface area contributed by atoms with Gasteiger partial charge in [0.05, 0.1) is 12.9 Å². The lowest BCUT2D eigenvalue weighted by Gasteiger charge is -1.98. The molecule has 4 rings (SSSR count). The second-order valence-electron chi connectivity index (χ2n) is 5.77. The number of rotatable bonds is 6. The average molecular weight is 380 g/mol. The summed E-state index contributed by atoms with van der Waals surface area (Å²) in [7, 11) is 1.63. The molecule has 2 heterocycles. The Balaban J connectivity index is 1.41. The van der Waals surface area contributed by atoms with Crippen molar-refractivity contribution in [2.45, 2.75) is 17.9 Å². The van der Waals surface area contributed by atoms with E-state index in [4.69, 9.17) is 13.7 Å². The quantitative estimate of drug-likeness (QED) is 0.455. The molecule has 0 aliphatic rings. The van der Waals surface area contributed by atoms with Gasteiger partial charge in [0.2, 0.25) is 17.6 Å². The van der Waals surface area contributed by atoms with Crippen molar-refractivity contribution in [1.82, 2.24) is 20.3 Å². The lowest BCUT2D eigenvalue weighted by atomic mass is 10.1. The van der Waals surface area contributed by atoms with Crippen LogP contribution in [0.25, 0.3) is 22.8 Å². The summed E-state index contributed by atoms with van der Waals surface area (Å²) in [6.45, 7) is 2.02. The summed E-state index contributed by atoms with van der Waals surface area (Å²) >= 11 is 1.35. The summed E-state index contributed by atoms with van der Waals surface area (Å²) in [6.07, 6.45) is 0.